The molecule has 0 saturated heterocycles. The highest BCUT2D eigenvalue weighted by Gasteiger charge is 2.02. The predicted octanol–water partition coefficient (Wildman–Crippen LogP) is 3.84. The molecule has 1 aromatic carbocycles. The third-order valence-corrected chi connectivity index (χ3v) is 4.14. The van der Waals surface area contributed by atoms with Crippen LogP contribution in [0, 0.1) is 23.6 Å². The Balaban J connectivity index is 2.61. The van der Waals surface area contributed by atoms with Crippen LogP contribution in [0.15, 0.2) is 18.2 Å². The molecule has 0 spiro atoms. The van der Waals surface area contributed by atoms with Crippen LogP contribution in [-0.2, 0) is 5.75 Å². The molecule has 0 aliphatic rings. The lowest BCUT2D eigenvalue weighted by atomic mass is 10.1. The van der Waals surface area contributed by atoms with E-state index >= 15 is 0 Å². The molecular weight excluding hydrogens is 259 g/mol. The van der Waals surface area contributed by atoms with Crippen molar-refractivity contribution in [2.75, 3.05) is 12.4 Å². The van der Waals surface area contributed by atoms with E-state index in [1.54, 1.807) is 6.07 Å². The summed E-state index contributed by atoms with van der Waals surface area (Å²) >= 11 is 1.83. The first-order valence-corrected chi connectivity index (χ1v) is 7.78. The molecule has 0 fully saturated rings. The number of hydrogen-bond acceptors (Lipinski definition) is 2. The Morgan fingerprint density at radius 2 is 2.16 bits per heavy atom. The summed E-state index contributed by atoms with van der Waals surface area (Å²) in [6.07, 6.45) is 1.60. The second-order valence-electron chi connectivity index (χ2n) is 4.65. The standard InChI is InChI=1S/C16H21FOS/c1-3-13(2)11-19-12-15-8-14(6-4-5-7-18)9-16(17)10-15/h8-10,13,18H,3,5,7,11-12H2,1-2H3. The van der Waals surface area contributed by atoms with E-state index in [0.717, 1.165) is 17.1 Å². The van der Waals surface area contributed by atoms with Crippen LogP contribution in [-0.4, -0.2) is 17.5 Å². The molecule has 1 unspecified atom stereocenters. The number of aliphatic hydroxyl groups excluding tert-OH is 1. The number of thioether (sulfide) groups is 1. The summed E-state index contributed by atoms with van der Waals surface area (Å²) in [7, 11) is 0. The van der Waals surface area contributed by atoms with Crippen LogP contribution in [0.1, 0.15) is 37.8 Å². The van der Waals surface area contributed by atoms with E-state index in [4.69, 9.17) is 5.11 Å². The molecule has 0 saturated carbocycles. The fraction of sp³-hybridized carbons (Fsp3) is 0.500. The molecule has 0 aromatic heterocycles. The van der Waals surface area contributed by atoms with Crippen molar-refractivity contribution in [2.24, 2.45) is 5.92 Å². The van der Waals surface area contributed by atoms with Gasteiger partial charge < -0.3 is 5.11 Å². The fourth-order valence-corrected chi connectivity index (χ4v) is 2.68. The van der Waals surface area contributed by atoms with Crippen LogP contribution in [0.5, 0.6) is 0 Å². The van der Waals surface area contributed by atoms with Crippen molar-refractivity contribution in [3.63, 3.8) is 0 Å². The minimum absolute atomic E-state index is 0.0416. The largest absolute Gasteiger partial charge is 0.395 e. The van der Waals surface area contributed by atoms with Crippen molar-refractivity contribution < 1.29 is 9.50 Å². The molecule has 1 rings (SSSR count). The summed E-state index contributed by atoms with van der Waals surface area (Å²) < 4.78 is 13.5. The lowest BCUT2D eigenvalue weighted by Crippen LogP contribution is -1.96. The summed E-state index contributed by atoms with van der Waals surface area (Å²) in [5, 5.41) is 8.67. The summed E-state index contributed by atoms with van der Waals surface area (Å²) in [5.41, 5.74) is 1.66. The molecule has 0 heterocycles. The molecular formula is C16H21FOS. The van der Waals surface area contributed by atoms with Crippen LogP contribution in [0.3, 0.4) is 0 Å². The lowest BCUT2D eigenvalue weighted by molar-refractivity contribution is 0.305. The lowest BCUT2D eigenvalue weighted by Gasteiger charge is -2.08. The Kier molecular flexibility index (Phi) is 7.62. The minimum atomic E-state index is -0.241. The molecule has 104 valence electrons. The molecule has 0 aliphatic carbocycles. The molecule has 0 radical (unpaired) electrons. The molecule has 1 nitrogen and oxygen atoms in total. The van der Waals surface area contributed by atoms with E-state index in [1.807, 2.05) is 17.8 Å². The van der Waals surface area contributed by atoms with Gasteiger partial charge in [-0.1, -0.05) is 32.1 Å². The highest BCUT2D eigenvalue weighted by molar-refractivity contribution is 7.98. The van der Waals surface area contributed by atoms with Crippen LogP contribution in [0.2, 0.25) is 0 Å². The molecule has 1 N–H and O–H groups in total. The molecule has 19 heavy (non-hydrogen) atoms. The van der Waals surface area contributed by atoms with Gasteiger partial charge >= 0.3 is 0 Å². The number of benzene rings is 1. The smallest absolute Gasteiger partial charge is 0.124 e. The molecule has 3 heteroatoms. The Morgan fingerprint density at radius 3 is 2.84 bits per heavy atom. The molecule has 0 aliphatic heterocycles. The first-order valence-electron chi connectivity index (χ1n) is 6.62. The third kappa shape index (κ3) is 6.66. The molecule has 1 aromatic rings. The third-order valence-electron chi connectivity index (χ3n) is 2.80. The van der Waals surface area contributed by atoms with Crippen molar-refractivity contribution in [2.45, 2.75) is 32.4 Å². The van der Waals surface area contributed by atoms with Gasteiger partial charge in [0.25, 0.3) is 0 Å². The van der Waals surface area contributed by atoms with Gasteiger partial charge in [-0.25, -0.2) is 4.39 Å². The Labute approximate surface area is 119 Å². The van der Waals surface area contributed by atoms with Gasteiger partial charge in [-0.3, -0.25) is 0 Å². The van der Waals surface area contributed by atoms with E-state index in [0.29, 0.717) is 17.9 Å². The first-order chi connectivity index (χ1) is 9.15. The van der Waals surface area contributed by atoms with Gasteiger partial charge in [-0.15, -0.1) is 0 Å². The van der Waals surface area contributed by atoms with Gasteiger partial charge in [0.1, 0.15) is 5.82 Å². The minimum Gasteiger partial charge on any atom is -0.395 e. The maximum absolute atomic E-state index is 13.5. The zero-order valence-corrected chi connectivity index (χ0v) is 12.4. The Bertz CT molecular complexity index is 448. The second-order valence-corrected chi connectivity index (χ2v) is 5.68. The van der Waals surface area contributed by atoms with Gasteiger partial charge in [-0.05, 0) is 35.4 Å². The topological polar surface area (TPSA) is 20.2 Å². The van der Waals surface area contributed by atoms with Crippen LogP contribution in [0.25, 0.3) is 0 Å². The van der Waals surface area contributed by atoms with Crippen molar-refractivity contribution in [3.05, 3.63) is 35.1 Å². The summed E-state index contributed by atoms with van der Waals surface area (Å²) in [5.74, 6) is 8.06. The molecule has 0 bridgehead atoms. The van der Waals surface area contributed by atoms with Gasteiger partial charge in [0.15, 0.2) is 0 Å². The fourth-order valence-electron chi connectivity index (χ4n) is 1.52. The quantitative estimate of drug-likeness (QED) is 0.799. The van der Waals surface area contributed by atoms with Gasteiger partial charge in [-0.2, -0.15) is 11.8 Å². The van der Waals surface area contributed by atoms with Crippen molar-refractivity contribution in [1.82, 2.24) is 0 Å². The summed E-state index contributed by atoms with van der Waals surface area (Å²) in [4.78, 5) is 0. The molecule has 0 amide bonds. The van der Waals surface area contributed by atoms with E-state index in [9.17, 15) is 4.39 Å². The van der Waals surface area contributed by atoms with E-state index < -0.39 is 0 Å². The molecule has 1 atom stereocenters. The second kappa shape index (κ2) is 9.01. The number of halogens is 1. The SMILES string of the molecule is CCC(C)CSCc1cc(F)cc(C#CCCO)c1. The van der Waals surface area contributed by atoms with E-state index in [1.165, 1.54) is 12.5 Å². The monoisotopic (exact) mass is 280 g/mol. The van der Waals surface area contributed by atoms with Crippen LogP contribution >= 0.6 is 11.8 Å². The Hall–Kier alpha value is -0.980. The number of hydrogen-bond donors (Lipinski definition) is 1. The summed E-state index contributed by atoms with van der Waals surface area (Å²) in [6, 6.07) is 4.94. The van der Waals surface area contributed by atoms with Crippen molar-refractivity contribution in [1.29, 1.82) is 0 Å². The highest BCUT2D eigenvalue weighted by atomic mass is 32.2. The van der Waals surface area contributed by atoms with Gasteiger partial charge in [0, 0.05) is 17.7 Å². The maximum Gasteiger partial charge on any atom is 0.124 e. The van der Waals surface area contributed by atoms with Gasteiger partial charge in [0.05, 0.1) is 6.61 Å². The van der Waals surface area contributed by atoms with Crippen molar-refractivity contribution >= 4 is 11.8 Å². The van der Waals surface area contributed by atoms with E-state index in [2.05, 4.69) is 25.7 Å². The maximum atomic E-state index is 13.5. The van der Waals surface area contributed by atoms with E-state index in [-0.39, 0.29) is 12.4 Å². The average Bonchev–Trinajstić information content (AvgIpc) is 2.38. The predicted molar refractivity (Wildman–Crippen MR) is 80.6 cm³/mol. The van der Waals surface area contributed by atoms with Crippen LogP contribution < -0.4 is 0 Å². The zero-order chi connectivity index (χ0) is 14.1. The van der Waals surface area contributed by atoms with Crippen LogP contribution in [0.4, 0.5) is 4.39 Å². The Morgan fingerprint density at radius 1 is 1.37 bits per heavy atom. The van der Waals surface area contributed by atoms with Crippen molar-refractivity contribution in [3.8, 4) is 11.8 Å². The summed E-state index contributed by atoms with van der Waals surface area (Å²) in [6.45, 7) is 4.45. The van der Waals surface area contributed by atoms with Gasteiger partial charge in [0.2, 0.25) is 0 Å². The highest BCUT2D eigenvalue weighted by Crippen LogP contribution is 2.19. The first kappa shape index (κ1) is 16.1. The number of aliphatic hydroxyl groups is 1. The number of rotatable bonds is 6. The normalized spacial score (nSPS) is 11.8. The average molecular weight is 280 g/mol. The zero-order valence-electron chi connectivity index (χ0n) is 11.6.